The van der Waals surface area contributed by atoms with Crippen molar-refractivity contribution in [3.8, 4) is 17.1 Å². The summed E-state index contributed by atoms with van der Waals surface area (Å²) in [5.41, 5.74) is 4.31. The number of carbonyl (C=O) groups excluding carboxylic acids is 1. The predicted octanol–water partition coefficient (Wildman–Crippen LogP) is 4.53. The van der Waals surface area contributed by atoms with Gasteiger partial charge in [-0.2, -0.15) is 5.10 Å². The minimum absolute atomic E-state index is 0.138. The molecule has 150 valence electrons. The van der Waals surface area contributed by atoms with E-state index < -0.39 is 0 Å². The fraction of sp³-hybridized carbons (Fsp3) is 0.0476. The zero-order valence-electron chi connectivity index (χ0n) is 15.6. The molecule has 4 rings (SSSR count). The van der Waals surface area contributed by atoms with Gasteiger partial charge >= 0.3 is 0 Å². The smallest absolute Gasteiger partial charge is 0.250 e. The summed E-state index contributed by atoms with van der Waals surface area (Å²) in [6.45, 7) is 0. The molecule has 7 nitrogen and oxygen atoms in total. The van der Waals surface area contributed by atoms with Gasteiger partial charge in [-0.05, 0) is 36.4 Å². The van der Waals surface area contributed by atoms with Crippen LogP contribution in [-0.2, 0) is 4.79 Å². The van der Waals surface area contributed by atoms with Gasteiger partial charge in [-0.15, -0.1) is 10.2 Å². The number of nitrogens with one attached hydrogen (secondary N) is 1. The van der Waals surface area contributed by atoms with Gasteiger partial charge in [-0.25, -0.2) is 5.43 Å². The highest BCUT2D eigenvalue weighted by molar-refractivity contribution is 9.10. The van der Waals surface area contributed by atoms with Crippen LogP contribution in [0.4, 0.5) is 0 Å². The normalized spacial score (nSPS) is 11.1. The van der Waals surface area contributed by atoms with Crippen LogP contribution in [0.25, 0.3) is 17.1 Å². The van der Waals surface area contributed by atoms with Gasteiger partial charge in [0.15, 0.2) is 11.0 Å². The average Bonchev–Trinajstić information content (AvgIpc) is 3.43. The highest BCUT2D eigenvalue weighted by Gasteiger charge is 2.17. The molecule has 4 aromatic rings. The third-order valence-electron chi connectivity index (χ3n) is 3.99. The van der Waals surface area contributed by atoms with E-state index in [0.29, 0.717) is 16.7 Å². The zero-order chi connectivity index (χ0) is 20.8. The van der Waals surface area contributed by atoms with Crippen LogP contribution in [0.15, 0.2) is 92.1 Å². The highest BCUT2D eigenvalue weighted by atomic mass is 79.9. The van der Waals surface area contributed by atoms with Crippen LogP contribution in [0.3, 0.4) is 0 Å². The molecule has 0 radical (unpaired) electrons. The predicted molar refractivity (Wildman–Crippen MR) is 120 cm³/mol. The lowest BCUT2D eigenvalue weighted by Crippen LogP contribution is -2.19. The van der Waals surface area contributed by atoms with Gasteiger partial charge in [0.05, 0.1) is 18.2 Å². The van der Waals surface area contributed by atoms with E-state index in [1.54, 1.807) is 12.1 Å². The van der Waals surface area contributed by atoms with Crippen molar-refractivity contribution >= 4 is 39.8 Å². The van der Waals surface area contributed by atoms with E-state index in [9.17, 15) is 4.79 Å². The van der Waals surface area contributed by atoms with Crippen molar-refractivity contribution in [1.82, 2.24) is 20.2 Å². The number of para-hydroxylation sites is 1. The number of hydrogen-bond acceptors (Lipinski definition) is 6. The maximum absolute atomic E-state index is 12.2. The lowest BCUT2D eigenvalue weighted by Gasteiger charge is -2.10. The first kappa shape index (κ1) is 20.1. The Balaban J connectivity index is 1.54. The molecular formula is C21H16BrN5O2S. The summed E-state index contributed by atoms with van der Waals surface area (Å²) in [5, 5.41) is 13.2. The Hall–Kier alpha value is -3.17. The topological polar surface area (TPSA) is 85.3 Å². The van der Waals surface area contributed by atoms with Crippen molar-refractivity contribution in [1.29, 1.82) is 0 Å². The van der Waals surface area contributed by atoms with Gasteiger partial charge in [0, 0.05) is 15.7 Å². The van der Waals surface area contributed by atoms with Crippen LogP contribution < -0.4 is 5.43 Å². The lowest BCUT2D eigenvalue weighted by atomic mass is 10.2. The van der Waals surface area contributed by atoms with E-state index in [1.807, 2.05) is 59.2 Å². The molecule has 0 aliphatic heterocycles. The SMILES string of the molecule is O=C(CSc1nnc(-c2cccc(Br)c2)n1-c1ccccc1)N/N=C\c1ccco1. The summed E-state index contributed by atoms with van der Waals surface area (Å²) in [6, 6.07) is 21.1. The molecule has 2 aromatic heterocycles. The summed E-state index contributed by atoms with van der Waals surface area (Å²) in [7, 11) is 0. The first-order valence-corrected chi connectivity index (χ1v) is 10.7. The average molecular weight is 482 g/mol. The maximum Gasteiger partial charge on any atom is 0.250 e. The molecule has 2 aromatic carbocycles. The lowest BCUT2D eigenvalue weighted by molar-refractivity contribution is -0.118. The van der Waals surface area contributed by atoms with Gasteiger partial charge < -0.3 is 4.42 Å². The number of nitrogens with zero attached hydrogens (tertiary/aromatic N) is 4. The molecule has 9 heteroatoms. The zero-order valence-corrected chi connectivity index (χ0v) is 18.0. The van der Waals surface area contributed by atoms with Crippen molar-refractivity contribution in [2.75, 3.05) is 5.75 Å². The molecule has 30 heavy (non-hydrogen) atoms. The second-order valence-corrected chi connectivity index (χ2v) is 7.94. The van der Waals surface area contributed by atoms with Gasteiger partial charge in [-0.3, -0.25) is 9.36 Å². The number of furan rings is 1. The Bertz CT molecular complexity index is 1160. The molecule has 0 bridgehead atoms. The van der Waals surface area contributed by atoms with Crippen LogP contribution in [0.2, 0.25) is 0 Å². The van der Waals surface area contributed by atoms with Crippen LogP contribution in [0.5, 0.6) is 0 Å². The molecule has 0 saturated carbocycles. The van der Waals surface area contributed by atoms with Gasteiger partial charge in [0.1, 0.15) is 5.76 Å². The van der Waals surface area contributed by atoms with Crippen molar-refractivity contribution < 1.29 is 9.21 Å². The molecule has 0 unspecified atom stereocenters. The fourth-order valence-corrected chi connectivity index (χ4v) is 3.83. The molecular weight excluding hydrogens is 466 g/mol. The van der Waals surface area contributed by atoms with E-state index in [2.05, 4.69) is 36.7 Å². The number of thioether (sulfide) groups is 1. The quantitative estimate of drug-likeness (QED) is 0.238. The van der Waals surface area contributed by atoms with Crippen LogP contribution >= 0.6 is 27.7 Å². The summed E-state index contributed by atoms with van der Waals surface area (Å²) in [6.07, 6.45) is 2.98. The monoisotopic (exact) mass is 481 g/mol. The number of aromatic nitrogens is 3. The maximum atomic E-state index is 12.2. The van der Waals surface area contributed by atoms with E-state index in [0.717, 1.165) is 15.7 Å². The Kier molecular flexibility index (Phi) is 6.41. The van der Waals surface area contributed by atoms with Crippen LogP contribution in [0.1, 0.15) is 5.76 Å². The Morgan fingerprint density at radius 3 is 2.77 bits per heavy atom. The number of hydrazone groups is 1. The minimum atomic E-state index is -0.255. The van der Waals surface area contributed by atoms with Gasteiger partial charge in [0.2, 0.25) is 0 Å². The van der Waals surface area contributed by atoms with Crippen LogP contribution in [-0.4, -0.2) is 32.6 Å². The number of rotatable bonds is 7. The number of halogens is 1. The van der Waals surface area contributed by atoms with E-state index >= 15 is 0 Å². The number of hydrogen-bond donors (Lipinski definition) is 1. The molecule has 0 aliphatic rings. The second kappa shape index (κ2) is 9.55. The number of benzene rings is 2. The summed E-state index contributed by atoms with van der Waals surface area (Å²) < 4.78 is 8.02. The summed E-state index contributed by atoms with van der Waals surface area (Å²) in [4.78, 5) is 12.2. The molecule has 0 fully saturated rings. The Labute approximate surface area is 185 Å². The Morgan fingerprint density at radius 1 is 1.13 bits per heavy atom. The van der Waals surface area contributed by atoms with Crippen LogP contribution in [0, 0.1) is 0 Å². The first-order valence-electron chi connectivity index (χ1n) is 8.96. The van der Waals surface area contributed by atoms with E-state index in [4.69, 9.17) is 4.42 Å². The number of carbonyl (C=O) groups is 1. The van der Waals surface area contributed by atoms with Crippen molar-refractivity contribution in [2.24, 2.45) is 5.10 Å². The van der Waals surface area contributed by atoms with Gasteiger partial charge in [-0.1, -0.05) is 58.0 Å². The largest absolute Gasteiger partial charge is 0.463 e. The molecule has 0 atom stereocenters. The second-order valence-electron chi connectivity index (χ2n) is 6.08. The van der Waals surface area contributed by atoms with Crippen molar-refractivity contribution in [2.45, 2.75) is 5.16 Å². The molecule has 0 saturated heterocycles. The minimum Gasteiger partial charge on any atom is -0.463 e. The summed E-state index contributed by atoms with van der Waals surface area (Å²) >= 11 is 4.79. The third-order valence-corrected chi connectivity index (χ3v) is 5.41. The van der Waals surface area contributed by atoms with E-state index in [-0.39, 0.29) is 11.7 Å². The molecule has 1 amide bonds. The Morgan fingerprint density at radius 2 is 2.00 bits per heavy atom. The standard InChI is InChI=1S/C21H16BrN5O2S/c22-16-7-4-6-15(12-16)20-25-26-21(27(20)17-8-2-1-3-9-17)30-14-19(28)24-23-13-18-10-5-11-29-18/h1-13H,14H2,(H,24,28)/b23-13-. The molecule has 1 N–H and O–H groups in total. The highest BCUT2D eigenvalue weighted by Crippen LogP contribution is 2.29. The third kappa shape index (κ3) is 4.87. The fourth-order valence-electron chi connectivity index (χ4n) is 2.68. The van der Waals surface area contributed by atoms with Gasteiger partial charge in [0.25, 0.3) is 5.91 Å². The molecule has 2 heterocycles. The molecule has 0 spiro atoms. The number of amides is 1. The molecule has 0 aliphatic carbocycles. The first-order chi connectivity index (χ1) is 14.7. The van der Waals surface area contributed by atoms with Crippen molar-refractivity contribution in [3.05, 3.63) is 83.2 Å². The van der Waals surface area contributed by atoms with Crippen molar-refractivity contribution in [3.63, 3.8) is 0 Å². The van der Waals surface area contributed by atoms with E-state index in [1.165, 1.54) is 24.2 Å². The summed E-state index contributed by atoms with van der Waals surface area (Å²) in [5.74, 6) is 1.14.